The lowest BCUT2D eigenvalue weighted by Gasteiger charge is -2.32. The van der Waals surface area contributed by atoms with E-state index in [-0.39, 0.29) is 12.1 Å². The van der Waals surface area contributed by atoms with Crippen LogP contribution in [0.2, 0.25) is 0 Å². The quantitative estimate of drug-likeness (QED) is 0.721. The molecule has 0 radical (unpaired) electrons. The zero-order valence-electron chi connectivity index (χ0n) is 11.4. The number of aliphatic hydroxyl groups is 2. The topological polar surface area (TPSA) is 79.0 Å². The van der Waals surface area contributed by atoms with E-state index >= 15 is 0 Å². The van der Waals surface area contributed by atoms with Crippen LogP contribution in [0.5, 0.6) is 5.75 Å². The van der Waals surface area contributed by atoms with Gasteiger partial charge in [-0.15, -0.1) is 0 Å². The number of likely N-dealkylation sites (tertiary alicyclic amines) is 1. The summed E-state index contributed by atoms with van der Waals surface area (Å²) in [5.74, 6) is 0.778. The van der Waals surface area contributed by atoms with E-state index in [0.29, 0.717) is 13.1 Å². The molecule has 0 aromatic heterocycles. The van der Waals surface area contributed by atoms with Crippen molar-refractivity contribution in [2.75, 3.05) is 20.2 Å². The first-order chi connectivity index (χ1) is 9.04. The summed E-state index contributed by atoms with van der Waals surface area (Å²) < 4.78 is 5.38. The van der Waals surface area contributed by atoms with Crippen LogP contribution in [0.3, 0.4) is 0 Å². The van der Waals surface area contributed by atoms with Crippen LogP contribution in [-0.4, -0.2) is 53.6 Å². The predicted octanol–water partition coefficient (Wildman–Crippen LogP) is 0.121. The maximum absolute atomic E-state index is 9.71. The standard InChI is InChI=1S/C14H22N2O3/c1-9(15)14(16-7-11(17)12(18)8-16)10-5-3-4-6-13(10)19-2/h3-6,9,11-12,14,17-18H,7-8,15H2,1-2H3. The fourth-order valence-electron chi connectivity index (χ4n) is 2.75. The van der Waals surface area contributed by atoms with E-state index in [1.807, 2.05) is 36.1 Å². The number of aliphatic hydroxyl groups excluding tert-OH is 2. The van der Waals surface area contributed by atoms with Gasteiger partial charge in [0.05, 0.1) is 25.4 Å². The van der Waals surface area contributed by atoms with E-state index in [1.165, 1.54) is 0 Å². The number of ether oxygens (including phenoxy) is 1. The molecule has 5 heteroatoms. The Balaban J connectivity index is 2.30. The lowest BCUT2D eigenvalue weighted by atomic mass is 9.98. The molecule has 1 saturated heterocycles. The average Bonchev–Trinajstić information content (AvgIpc) is 2.69. The number of hydrogen-bond acceptors (Lipinski definition) is 5. The second kappa shape index (κ2) is 5.88. The second-order valence-corrected chi connectivity index (χ2v) is 5.13. The minimum absolute atomic E-state index is 0.0806. The molecule has 4 atom stereocenters. The van der Waals surface area contributed by atoms with Crippen molar-refractivity contribution in [2.45, 2.75) is 31.2 Å². The van der Waals surface area contributed by atoms with Crippen molar-refractivity contribution in [3.63, 3.8) is 0 Å². The molecule has 0 bridgehead atoms. The van der Waals surface area contributed by atoms with Gasteiger partial charge in [0.1, 0.15) is 5.75 Å². The number of nitrogens with two attached hydrogens (primary N) is 1. The Hall–Kier alpha value is -1.14. The molecular weight excluding hydrogens is 244 g/mol. The molecule has 1 aliphatic rings. The first-order valence-corrected chi connectivity index (χ1v) is 6.53. The third-order valence-corrected chi connectivity index (χ3v) is 3.64. The number of nitrogens with zero attached hydrogens (tertiary/aromatic N) is 1. The molecule has 0 spiro atoms. The van der Waals surface area contributed by atoms with Gasteiger partial charge < -0.3 is 20.7 Å². The number of β-amino-alcohol motifs (C(OH)–C–C–N with tert-alkyl or cyclic N) is 2. The van der Waals surface area contributed by atoms with Gasteiger partial charge in [0.25, 0.3) is 0 Å². The number of methoxy groups -OCH3 is 1. The van der Waals surface area contributed by atoms with Crippen LogP contribution >= 0.6 is 0 Å². The highest BCUT2D eigenvalue weighted by molar-refractivity contribution is 5.37. The van der Waals surface area contributed by atoms with Crippen molar-refractivity contribution in [3.05, 3.63) is 29.8 Å². The Morgan fingerprint density at radius 2 is 1.84 bits per heavy atom. The molecule has 4 unspecified atom stereocenters. The van der Waals surface area contributed by atoms with Crippen LogP contribution in [0.4, 0.5) is 0 Å². The smallest absolute Gasteiger partial charge is 0.123 e. The summed E-state index contributed by atoms with van der Waals surface area (Å²) in [7, 11) is 1.63. The minimum Gasteiger partial charge on any atom is -0.496 e. The van der Waals surface area contributed by atoms with Gasteiger partial charge in [-0.05, 0) is 13.0 Å². The van der Waals surface area contributed by atoms with Crippen molar-refractivity contribution in [1.29, 1.82) is 0 Å². The summed E-state index contributed by atoms with van der Waals surface area (Å²) in [4.78, 5) is 2.01. The number of benzene rings is 1. The molecule has 106 valence electrons. The predicted molar refractivity (Wildman–Crippen MR) is 73.0 cm³/mol. The van der Waals surface area contributed by atoms with Gasteiger partial charge in [-0.3, -0.25) is 4.90 Å². The van der Waals surface area contributed by atoms with E-state index in [9.17, 15) is 10.2 Å². The molecule has 0 aliphatic carbocycles. The van der Waals surface area contributed by atoms with Gasteiger partial charge in [-0.2, -0.15) is 0 Å². The molecule has 1 aliphatic heterocycles. The fourth-order valence-corrected chi connectivity index (χ4v) is 2.75. The largest absolute Gasteiger partial charge is 0.496 e. The lowest BCUT2D eigenvalue weighted by Crippen LogP contribution is -2.39. The van der Waals surface area contributed by atoms with E-state index in [1.54, 1.807) is 7.11 Å². The first-order valence-electron chi connectivity index (χ1n) is 6.53. The van der Waals surface area contributed by atoms with E-state index in [0.717, 1.165) is 11.3 Å². The third-order valence-electron chi connectivity index (χ3n) is 3.64. The summed E-state index contributed by atoms with van der Waals surface area (Å²) >= 11 is 0. The average molecular weight is 266 g/mol. The maximum atomic E-state index is 9.71. The summed E-state index contributed by atoms with van der Waals surface area (Å²) in [6.07, 6.45) is -1.42. The molecule has 4 N–H and O–H groups in total. The molecule has 5 nitrogen and oxygen atoms in total. The van der Waals surface area contributed by atoms with Gasteiger partial charge in [0.15, 0.2) is 0 Å². The summed E-state index contributed by atoms with van der Waals surface area (Å²) in [6.45, 7) is 2.77. The zero-order chi connectivity index (χ0) is 14.0. The Kier molecular flexibility index (Phi) is 4.42. The number of para-hydroxylation sites is 1. The Bertz CT molecular complexity index is 415. The van der Waals surface area contributed by atoms with Crippen molar-refractivity contribution in [3.8, 4) is 5.75 Å². The van der Waals surface area contributed by atoms with Crippen LogP contribution in [0, 0.1) is 0 Å². The SMILES string of the molecule is COc1ccccc1C(C(C)N)N1CC(O)C(O)C1. The van der Waals surface area contributed by atoms with Crippen LogP contribution in [0.1, 0.15) is 18.5 Å². The summed E-state index contributed by atoms with van der Waals surface area (Å²) in [5, 5.41) is 19.4. The molecule has 2 rings (SSSR count). The Morgan fingerprint density at radius 1 is 1.26 bits per heavy atom. The molecule has 19 heavy (non-hydrogen) atoms. The van der Waals surface area contributed by atoms with Crippen LogP contribution in [0.25, 0.3) is 0 Å². The Morgan fingerprint density at radius 3 is 2.37 bits per heavy atom. The van der Waals surface area contributed by atoms with Crippen LogP contribution in [-0.2, 0) is 0 Å². The molecule has 1 fully saturated rings. The summed E-state index contributed by atoms with van der Waals surface area (Å²) in [5.41, 5.74) is 7.09. The molecule has 1 aromatic rings. The van der Waals surface area contributed by atoms with Crippen molar-refractivity contribution in [1.82, 2.24) is 4.90 Å². The molecule has 0 saturated carbocycles. The number of hydrogen-bond donors (Lipinski definition) is 3. The van der Waals surface area contributed by atoms with Gasteiger partial charge >= 0.3 is 0 Å². The molecular formula is C14H22N2O3. The highest BCUT2D eigenvalue weighted by atomic mass is 16.5. The van der Waals surface area contributed by atoms with Crippen molar-refractivity contribution < 1.29 is 14.9 Å². The normalized spacial score (nSPS) is 27.2. The molecule has 1 aromatic carbocycles. The monoisotopic (exact) mass is 266 g/mol. The van der Waals surface area contributed by atoms with Crippen LogP contribution < -0.4 is 10.5 Å². The summed E-state index contributed by atoms with van der Waals surface area (Å²) in [6, 6.07) is 7.51. The highest BCUT2D eigenvalue weighted by Crippen LogP contribution is 2.33. The van der Waals surface area contributed by atoms with E-state index in [2.05, 4.69) is 0 Å². The van der Waals surface area contributed by atoms with Crippen molar-refractivity contribution in [2.24, 2.45) is 5.73 Å². The Labute approximate surface area is 113 Å². The van der Waals surface area contributed by atoms with E-state index in [4.69, 9.17) is 10.5 Å². The minimum atomic E-state index is -0.712. The van der Waals surface area contributed by atoms with Crippen molar-refractivity contribution >= 4 is 0 Å². The maximum Gasteiger partial charge on any atom is 0.123 e. The van der Waals surface area contributed by atoms with Crippen LogP contribution in [0.15, 0.2) is 24.3 Å². The molecule has 0 amide bonds. The molecule has 1 heterocycles. The van der Waals surface area contributed by atoms with Gasteiger partial charge in [-0.1, -0.05) is 18.2 Å². The van der Waals surface area contributed by atoms with E-state index < -0.39 is 12.2 Å². The fraction of sp³-hybridized carbons (Fsp3) is 0.571. The lowest BCUT2D eigenvalue weighted by molar-refractivity contribution is 0.0572. The van der Waals surface area contributed by atoms with Gasteiger partial charge in [-0.25, -0.2) is 0 Å². The first kappa shape index (κ1) is 14.3. The number of rotatable bonds is 4. The van der Waals surface area contributed by atoms with Gasteiger partial charge in [0, 0.05) is 24.7 Å². The highest BCUT2D eigenvalue weighted by Gasteiger charge is 2.36. The van der Waals surface area contributed by atoms with Gasteiger partial charge in [0.2, 0.25) is 0 Å². The second-order valence-electron chi connectivity index (χ2n) is 5.13. The third kappa shape index (κ3) is 2.90. The zero-order valence-corrected chi connectivity index (χ0v) is 11.4.